The quantitative estimate of drug-likeness (QED) is 0.749. The predicted molar refractivity (Wildman–Crippen MR) is 63.1 cm³/mol. The monoisotopic (exact) mass is 227 g/mol. The van der Waals surface area contributed by atoms with Crippen LogP contribution in [0.15, 0.2) is 17.2 Å². The normalized spacial score (nSPS) is 12.9. The van der Waals surface area contributed by atoms with E-state index in [0.717, 1.165) is 5.03 Å². The third-order valence-corrected chi connectivity index (χ3v) is 2.82. The van der Waals surface area contributed by atoms with Crippen molar-refractivity contribution in [3.63, 3.8) is 0 Å². The minimum atomic E-state index is 0.0272. The van der Waals surface area contributed by atoms with E-state index in [1.165, 1.54) is 0 Å². The standard InChI is InChI=1S/C10H17N3OS/c1-7(2)8(6-14)11-9-4-5-10(15-3)13-12-9/h4-5,7-8,14H,6H2,1-3H3,(H,11,12)/t8-/m1/s1. The van der Waals surface area contributed by atoms with Crippen LogP contribution in [0.2, 0.25) is 0 Å². The first-order valence-corrected chi connectivity index (χ1v) is 6.15. The number of rotatable bonds is 5. The summed E-state index contributed by atoms with van der Waals surface area (Å²) in [6, 6.07) is 3.82. The largest absolute Gasteiger partial charge is 0.394 e. The van der Waals surface area contributed by atoms with Crippen molar-refractivity contribution < 1.29 is 5.11 Å². The van der Waals surface area contributed by atoms with Crippen LogP contribution in [0.5, 0.6) is 0 Å². The molecule has 0 aromatic carbocycles. The van der Waals surface area contributed by atoms with E-state index in [1.54, 1.807) is 11.8 Å². The second-order valence-corrected chi connectivity index (χ2v) is 4.46. The Labute approximate surface area is 94.5 Å². The van der Waals surface area contributed by atoms with Crippen LogP contribution in [0.1, 0.15) is 13.8 Å². The van der Waals surface area contributed by atoms with Crippen LogP contribution >= 0.6 is 11.8 Å². The molecule has 2 N–H and O–H groups in total. The molecule has 0 radical (unpaired) electrons. The van der Waals surface area contributed by atoms with E-state index in [-0.39, 0.29) is 12.6 Å². The number of aliphatic hydroxyl groups excluding tert-OH is 1. The highest BCUT2D eigenvalue weighted by atomic mass is 32.2. The fraction of sp³-hybridized carbons (Fsp3) is 0.600. The van der Waals surface area contributed by atoms with Crippen molar-refractivity contribution >= 4 is 17.6 Å². The van der Waals surface area contributed by atoms with Crippen molar-refractivity contribution in [1.29, 1.82) is 0 Å². The Morgan fingerprint density at radius 3 is 2.53 bits per heavy atom. The molecule has 15 heavy (non-hydrogen) atoms. The molecule has 0 aliphatic carbocycles. The van der Waals surface area contributed by atoms with E-state index < -0.39 is 0 Å². The molecule has 0 amide bonds. The summed E-state index contributed by atoms with van der Waals surface area (Å²) in [5, 5.41) is 21.2. The minimum Gasteiger partial charge on any atom is -0.394 e. The van der Waals surface area contributed by atoms with Crippen molar-refractivity contribution in [3.8, 4) is 0 Å². The Balaban J connectivity index is 2.63. The first-order chi connectivity index (χ1) is 7.17. The van der Waals surface area contributed by atoms with Gasteiger partial charge in [-0.25, -0.2) is 0 Å². The molecule has 5 heteroatoms. The number of hydrogen-bond acceptors (Lipinski definition) is 5. The molecule has 0 bridgehead atoms. The zero-order valence-electron chi connectivity index (χ0n) is 9.27. The van der Waals surface area contributed by atoms with E-state index in [1.807, 2.05) is 18.4 Å². The van der Waals surface area contributed by atoms with Gasteiger partial charge in [-0.2, -0.15) is 0 Å². The summed E-state index contributed by atoms with van der Waals surface area (Å²) < 4.78 is 0. The molecule has 0 aliphatic heterocycles. The van der Waals surface area contributed by atoms with Gasteiger partial charge < -0.3 is 10.4 Å². The summed E-state index contributed by atoms with van der Waals surface area (Å²) in [5.41, 5.74) is 0. The topological polar surface area (TPSA) is 58.0 Å². The maximum absolute atomic E-state index is 9.14. The molecule has 0 saturated carbocycles. The fourth-order valence-electron chi connectivity index (χ4n) is 1.12. The van der Waals surface area contributed by atoms with Crippen molar-refractivity contribution in [1.82, 2.24) is 10.2 Å². The average molecular weight is 227 g/mol. The molecule has 4 nitrogen and oxygen atoms in total. The van der Waals surface area contributed by atoms with Gasteiger partial charge in [-0.05, 0) is 24.3 Å². The van der Waals surface area contributed by atoms with Crippen LogP contribution in [0, 0.1) is 5.92 Å². The summed E-state index contributed by atoms with van der Waals surface area (Å²) in [6.45, 7) is 4.21. The Morgan fingerprint density at radius 2 is 2.13 bits per heavy atom. The molecular formula is C10H17N3OS. The molecule has 1 heterocycles. The van der Waals surface area contributed by atoms with E-state index in [2.05, 4.69) is 29.4 Å². The van der Waals surface area contributed by atoms with Gasteiger partial charge in [0.15, 0.2) is 0 Å². The van der Waals surface area contributed by atoms with E-state index in [0.29, 0.717) is 11.7 Å². The summed E-state index contributed by atoms with van der Waals surface area (Å²) in [5.74, 6) is 1.07. The Morgan fingerprint density at radius 1 is 1.40 bits per heavy atom. The van der Waals surface area contributed by atoms with Gasteiger partial charge in [-0.1, -0.05) is 13.8 Å². The molecule has 84 valence electrons. The van der Waals surface area contributed by atoms with Gasteiger partial charge in [0.1, 0.15) is 10.8 Å². The molecule has 0 fully saturated rings. The minimum absolute atomic E-state index is 0.0272. The van der Waals surface area contributed by atoms with Crippen molar-refractivity contribution in [2.75, 3.05) is 18.2 Å². The van der Waals surface area contributed by atoms with Gasteiger partial charge in [0.25, 0.3) is 0 Å². The van der Waals surface area contributed by atoms with Crippen LogP contribution in [0.25, 0.3) is 0 Å². The lowest BCUT2D eigenvalue weighted by Crippen LogP contribution is -2.29. The zero-order valence-corrected chi connectivity index (χ0v) is 10.1. The second kappa shape index (κ2) is 5.92. The Bertz CT molecular complexity index is 289. The number of hydrogen-bond donors (Lipinski definition) is 2. The maximum atomic E-state index is 9.14. The van der Waals surface area contributed by atoms with E-state index in [9.17, 15) is 0 Å². The molecule has 0 spiro atoms. The van der Waals surface area contributed by atoms with Crippen molar-refractivity contribution in [3.05, 3.63) is 12.1 Å². The molecular weight excluding hydrogens is 210 g/mol. The predicted octanol–water partition coefficient (Wildman–Crippen LogP) is 1.63. The lowest BCUT2D eigenvalue weighted by molar-refractivity contribution is 0.249. The molecule has 1 atom stereocenters. The summed E-state index contributed by atoms with van der Waals surface area (Å²) in [6.07, 6.45) is 1.96. The van der Waals surface area contributed by atoms with Gasteiger partial charge >= 0.3 is 0 Å². The van der Waals surface area contributed by atoms with Gasteiger partial charge in [-0.15, -0.1) is 22.0 Å². The van der Waals surface area contributed by atoms with Crippen molar-refractivity contribution in [2.24, 2.45) is 5.92 Å². The first-order valence-electron chi connectivity index (χ1n) is 4.92. The third kappa shape index (κ3) is 3.68. The van der Waals surface area contributed by atoms with Crippen LogP contribution in [0.4, 0.5) is 5.82 Å². The third-order valence-electron chi connectivity index (χ3n) is 2.18. The number of nitrogens with zero attached hydrogens (tertiary/aromatic N) is 2. The smallest absolute Gasteiger partial charge is 0.149 e. The van der Waals surface area contributed by atoms with Crippen LogP contribution < -0.4 is 5.32 Å². The van der Waals surface area contributed by atoms with Gasteiger partial charge in [0.2, 0.25) is 0 Å². The molecule has 1 aromatic rings. The number of thioether (sulfide) groups is 1. The molecule has 0 saturated heterocycles. The summed E-state index contributed by atoms with van der Waals surface area (Å²) in [7, 11) is 0. The van der Waals surface area contributed by atoms with Crippen LogP contribution in [0.3, 0.4) is 0 Å². The Hall–Kier alpha value is -0.810. The molecule has 1 rings (SSSR count). The first kappa shape index (κ1) is 12.3. The van der Waals surface area contributed by atoms with Crippen LogP contribution in [-0.2, 0) is 0 Å². The SMILES string of the molecule is CSc1ccc(N[C@H](CO)C(C)C)nn1. The number of nitrogens with one attached hydrogen (secondary N) is 1. The lowest BCUT2D eigenvalue weighted by atomic mass is 10.1. The number of aliphatic hydroxyl groups is 1. The highest BCUT2D eigenvalue weighted by molar-refractivity contribution is 7.98. The zero-order chi connectivity index (χ0) is 11.3. The molecule has 1 aromatic heterocycles. The Kier molecular flexibility index (Phi) is 4.84. The van der Waals surface area contributed by atoms with E-state index in [4.69, 9.17) is 5.11 Å². The van der Waals surface area contributed by atoms with Gasteiger partial charge in [0, 0.05) is 0 Å². The van der Waals surface area contributed by atoms with E-state index >= 15 is 0 Å². The summed E-state index contributed by atoms with van der Waals surface area (Å²) >= 11 is 1.56. The second-order valence-electron chi connectivity index (χ2n) is 3.64. The highest BCUT2D eigenvalue weighted by Crippen LogP contribution is 2.13. The fourth-order valence-corrected chi connectivity index (χ4v) is 1.45. The lowest BCUT2D eigenvalue weighted by Gasteiger charge is -2.19. The van der Waals surface area contributed by atoms with Gasteiger partial charge in [-0.3, -0.25) is 0 Å². The number of anilines is 1. The van der Waals surface area contributed by atoms with Crippen molar-refractivity contribution in [2.45, 2.75) is 24.9 Å². The average Bonchev–Trinajstić information content (AvgIpc) is 2.26. The highest BCUT2D eigenvalue weighted by Gasteiger charge is 2.12. The molecule has 0 aliphatic rings. The molecule has 0 unspecified atom stereocenters. The maximum Gasteiger partial charge on any atom is 0.149 e. The van der Waals surface area contributed by atoms with Crippen LogP contribution in [-0.4, -0.2) is 34.2 Å². The summed E-state index contributed by atoms with van der Waals surface area (Å²) in [4.78, 5) is 0. The number of aromatic nitrogens is 2. The van der Waals surface area contributed by atoms with Gasteiger partial charge in [0.05, 0.1) is 12.6 Å².